The fraction of sp³-hybridized carbons (Fsp3) is 0.100. The predicted octanol–water partition coefficient (Wildman–Crippen LogP) is 2.71. The Balaban J connectivity index is 2.35. The molecule has 1 aromatic heterocycles. The average Bonchev–Trinajstić information content (AvgIpc) is 2.77. The molecule has 0 bridgehead atoms. The number of hydrogen-bond donors (Lipinski definition) is 0. The summed E-state index contributed by atoms with van der Waals surface area (Å²) in [6.07, 6.45) is 1.45. The lowest BCUT2D eigenvalue weighted by Gasteiger charge is -2.05. The molecule has 17 heavy (non-hydrogen) atoms. The summed E-state index contributed by atoms with van der Waals surface area (Å²) < 4.78 is 44.2. The molecule has 0 radical (unpaired) electrons. The van der Waals surface area contributed by atoms with Crippen LogP contribution in [0.15, 0.2) is 28.8 Å². The van der Waals surface area contributed by atoms with Crippen LogP contribution in [0.1, 0.15) is 5.56 Å². The Hall–Kier alpha value is -1.76. The SMILES string of the molecule is Fc1ccc(F)c(Cn2ccc(N=S)n2)c1F. The first kappa shape index (κ1) is 11.7. The number of aromatic nitrogens is 2. The van der Waals surface area contributed by atoms with Crippen LogP contribution in [0.3, 0.4) is 0 Å². The molecule has 0 unspecified atom stereocenters. The summed E-state index contributed by atoms with van der Waals surface area (Å²) >= 11 is 4.41. The predicted molar refractivity (Wildman–Crippen MR) is 57.1 cm³/mol. The summed E-state index contributed by atoms with van der Waals surface area (Å²) in [5.41, 5.74) is -0.385. The molecule has 1 aromatic carbocycles. The van der Waals surface area contributed by atoms with Crippen LogP contribution >= 0.6 is 0 Å². The summed E-state index contributed by atoms with van der Waals surface area (Å²) in [6.45, 7) is -0.222. The van der Waals surface area contributed by atoms with Gasteiger partial charge in [-0.3, -0.25) is 4.68 Å². The van der Waals surface area contributed by atoms with Gasteiger partial charge in [0.05, 0.1) is 6.54 Å². The minimum atomic E-state index is -1.21. The lowest BCUT2D eigenvalue weighted by atomic mass is 10.2. The molecule has 2 rings (SSSR count). The zero-order valence-electron chi connectivity index (χ0n) is 8.40. The van der Waals surface area contributed by atoms with E-state index in [1.54, 1.807) is 0 Å². The molecule has 0 spiro atoms. The van der Waals surface area contributed by atoms with Gasteiger partial charge in [0, 0.05) is 30.3 Å². The summed E-state index contributed by atoms with van der Waals surface area (Å²) in [6, 6.07) is 3.10. The molecule has 0 saturated carbocycles. The Morgan fingerprint density at radius 1 is 1.18 bits per heavy atom. The highest BCUT2D eigenvalue weighted by Crippen LogP contribution is 2.17. The van der Waals surface area contributed by atoms with Crippen molar-refractivity contribution in [1.82, 2.24) is 9.78 Å². The fourth-order valence-electron chi connectivity index (χ4n) is 1.36. The molecule has 0 saturated heterocycles. The van der Waals surface area contributed by atoms with Crippen LogP contribution < -0.4 is 0 Å². The van der Waals surface area contributed by atoms with Gasteiger partial charge in [-0.1, -0.05) is 0 Å². The third kappa shape index (κ3) is 2.33. The highest BCUT2D eigenvalue weighted by atomic mass is 32.1. The molecule has 88 valence electrons. The van der Waals surface area contributed by atoms with Crippen LogP contribution in [0.5, 0.6) is 0 Å². The van der Waals surface area contributed by atoms with Crippen molar-refractivity contribution in [2.45, 2.75) is 6.54 Å². The van der Waals surface area contributed by atoms with Crippen LogP contribution in [0, 0.1) is 17.5 Å². The van der Waals surface area contributed by atoms with Gasteiger partial charge >= 0.3 is 0 Å². The third-order valence-electron chi connectivity index (χ3n) is 2.18. The fourth-order valence-corrected chi connectivity index (χ4v) is 1.46. The van der Waals surface area contributed by atoms with Crippen molar-refractivity contribution in [1.29, 1.82) is 0 Å². The van der Waals surface area contributed by atoms with Crippen LogP contribution in [0.2, 0.25) is 0 Å². The highest BCUT2D eigenvalue weighted by molar-refractivity contribution is 7.47. The highest BCUT2D eigenvalue weighted by Gasteiger charge is 2.14. The van der Waals surface area contributed by atoms with E-state index >= 15 is 0 Å². The van der Waals surface area contributed by atoms with E-state index < -0.39 is 17.5 Å². The monoisotopic (exact) mass is 257 g/mol. The van der Waals surface area contributed by atoms with Crippen molar-refractivity contribution in [3.8, 4) is 0 Å². The van der Waals surface area contributed by atoms with Crippen molar-refractivity contribution in [3.05, 3.63) is 47.4 Å². The smallest absolute Gasteiger partial charge is 0.187 e. The van der Waals surface area contributed by atoms with E-state index in [2.05, 4.69) is 21.9 Å². The Labute approximate surface area is 100 Å². The van der Waals surface area contributed by atoms with Crippen molar-refractivity contribution in [2.75, 3.05) is 0 Å². The minimum absolute atomic E-state index is 0.222. The molecule has 0 N–H and O–H groups in total. The standard InChI is InChI=1S/C10H6F3N3S/c11-7-1-2-8(12)10(13)6(7)5-16-4-3-9(14-16)15-17/h1-4H,5H2. The van der Waals surface area contributed by atoms with Crippen LogP contribution in [-0.4, -0.2) is 9.78 Å². The molecule has 0 amide bonds. The van der Waals surface area contributed by atoms with E-state index in [9.17, 15) is 13.2 Å². The number of benzene rings is 1. The minimum Gasteiger partial charge on any atom is -0.266 e. The number of nitrogens with zero attached hydrogens (tertiary/aromatic N) is 3. The zero-order valence-corrected chi connectivity index (χ0v) is 9.22. The second kappa shape index (κ2) is 4.62. The molecule has 0 fully saturated rings. The maximum atomic E-state index is 13.3. The first-order valence-corrected chi connectivity index (χ1v) is 4.97. The second-order valence-electron chi connectivity index (χ2n) is 3.28. The van der Waals surface area contributed by atoms with Gasteiger partial charge in [-0.15, -0.1) is 0 Å². The molecule has 1 heterocycles. The Morgan fingerprint density at radius 2 is 1.88 bits per heavy atom. The largest absolute Gasteiger partial charge is 0.266 e. The summed E-state index contributed by atoms with van der Waals surface area (Å²) in [4.78, 5) is 0. The van der Waals surface area contributed by atoms with Crippen LogP contribution in [0.4, 0.5) is 19.0 Å². The van der Waals surface area contributed by atoms with Crippen LogP contribution in [0.25, 0.3) is 0 Å². The maximum absolute atomic E-state index is 13.3. The van der Waals surface area contributed by atoms with Gasteiger partial charge in [0.25, 0.3) is 0 Å². The molecule has 0 atom stereocenters. The Bertz CT molecular complexity index is 568. The average molecular weight is 257 g/mol. The van der Waals surface area contributed by atoms with Crippen molar-refractivity contribution >= 4 is 18.2 Å². The number of rotatable bonds is 3. The summed E-state index contributed by atoms with van der Waals surface area (Å²) in [7, 11) is 0. The quantitative estimate of drug-likeness (QED) is 0.791. The van der Waals surface area contributed by atoms with Gasteiger partial charge in [-0.05, 0) is 12.1 Å². The lowest BCUT2D eigenvalue weighted by molar-refractivity contribution is 0.470. The third-order valence-corrected chi connectivity index (χ3v) is 2.37. The van der Waals surface area contributed by atoms with E-state index in [1.165, 1.54) is 16.9 Å². The molecular formula is C10H6F3N3S. The molecule has 2 aromatic rings. The van der Waals surface area contributed by atoms with E-state index in [1.807, 2.05) is 0 Å². The van der Waals surface area contributed by atoms with Crippen molar-refractivity contribution in [2.24, 2.45) is 4.36 Å². The van der Waals surface area contributed by atoms with Crippen molar-refractivity contribution < 1.29 is 13.2 Å². The molecule has 7 heteroatoms. The number of hydrogen-bond acceptors (Lipinski definition) is 3. The van der Waals surface area contributed by atoms with Gasteiger partial charge in [0.2, 0.25) is 0 Å². The van der Waals surface area contributed by atoms with Gasteiger partial charge in [0.1, 0.15) is 5.82 Å². The number of halogens is 3. The van der Waals surface area contributed by atoms with E-state index in [4.69, 9.17) is 0 Å². The van der Waals surface area contributed by atoms with Gasteiger partial charge < -0.3 is 0 Å². The Morgan fingerprint density at radius 3 is 2.53 bits per heavy atom. The normalized spacial score (nSPS) is 10.5. The molecule has 0 aliphatic heterocycles. The molecule has 3 nitrogen and oxygen atoms in total. The maximum Gasteiger partial charge on any atom is 0.187 e. The van der Waals surface area contributed by atoms with Gasteiger partial charge in [-0.2, -0.15) is 9.46 Å². The Kier molecular flexibility index (Phi) is 3.19. The van der Waals surface area contributed by atoms with E-state index in [-0.39, 0.29) is 17.9 Å². The zero-order chi connectivity index (χ0) is 12.4. The van der Waals surface area contributed by atoms with Gasteiger partial charge in [-0.25, -0.2) is 13.2 Å². The summed E-state index contributed by atoms with van der Waals surface area (Å²) in [5.74, 6) is -2.87. The molecule has 0 aliphatic rings. The topological polar surface area (TPSA) is 30.2 Å². The van der Waals surface area contributed by atoms with Crippen LogP contribution in [-0.2, 0) is 19.0 Å². The first-order valence-electron chi connectivity index (χ1n) is 4.61. The summed E-state index contributed by atoms with van der Waals surface area (Å²) in [5, 5.41) is 3.83. The van der Waals surface area contributed by atoms with E-state index in [0.717, 1.165) is 12.1 Å². The van der Waals surface area contributed by atoms with E-state index in [0.29, 0.717) is 0 Å². The first-order chi connectivity index (χ1) is 8.11. The molecule has 0 aliphatic carbocycles. The lowest BCUT2D eigenvalue weighted by Crippen LogP contribution is -2.06. The van der Waals surface area contributed by atoms with Gasteiger partial charge in [0.15, 0.2) is 17.5 Å². The molecular weight excluding hydrogens is 251 g/mol. The second-order valence-corrected chi connectivity index (χ2v) is 3.47. The van der Waals surface area contributed by atoms with Crippen molar-refractivity contribution in [3.63, 3.8) is 0 Å².